The number of imidazole rings is 1. The van der Waals surface area contributed by atoms with E-state index in [-0.39, 0.29) is 22.9 Å². The monoisotopic (exact) mass is 549 g/mol. The Morgan fingerprint density at radius 3 is 2.20 bits per heavy atom. The Morgan fingerprint density at radius 1 is 0.850 bits per heavy atom. The smallest absolute Gasteiger partial charge is 0.352 e. The van der Waals surface area contributed by atoms with E-state index in [9.17, 15) is 22.0 Å². The van der Waals surface area contributed by atoms with Gasteiger partial charge in [0.05, 0.1) is 16.6 Å². The van der Waals surface area contributed by atoms with Crippen LogP contribution in [0.4, 0.5) is 33.7 Å². The maximum absolute atomic E-state index is 14.0. The number of aromatic nitrogens is 3. The van der Waals surface area contributed by atoms with E-state index in [2.05, 4.69) is 14.9 Å². The molecule has 40 heavy (non-hydrogen) atoms. The Hall–Kier alpha value is -4.47. The number of nitrogens with one attached hydrogen (secondary N) is 1. The molecule has 0 saturated carbocycles. The minimum atomic E-state index is -4.58. The molecule has 2 aromatic heterocycles. The van der Waals surface area contributed by atoms with Crippen LogP contribution in [0.5, 0.6) is 0 Å². The number of hydrogen-bond donors (Lipinski definition) is 1. The van der Waals surface area contributed by atoms with Crippen LogP contribution in [0.15, 0.2) is 79.0 Å². The van der Waals surface area contributed by atoms with E-state index < -0.39 is 17.6 Å². The zero-order chi connectivity index (χ0) is 28.0. The molecular weight excluding hydrogens is 525 g/mol. The average Bonchev–Trinajstić information content (AvgIpc) is 3.36. The summed E-state index contributed by atoms with van der Waals surface area (Å²) in [5.74, 6) is 0.287. The molecule has 6 rings (SSSR count). The van der Waals surface area contributed by atoms with Crippen molar-refractivity contribution in [2.24, 2.45) is 0 Å². The number of fused-ring (bicyclic) bond motifs is 1. The van der Waals surface area contributed by atoms with Crippen LogP contribution < -0.4 is 9.80 Å². The lowest BCUT2D eigenvalue weighted by Gasteiger charge is -2.40. The van der Waals surface area contributed by atoms with Gasteiger partial charge in [0.2, 0.25) is 5.95 Å². The molecular formula is C30H24F5N5. The summed E-state index contributed by atoms with van der Waals surface area (Å²) in [6.07, 6.45) is -2.89. The number of pyridine rings is 1. The van der Waals surface area contributed by atoms with E-state index in [0.717, 1.165) is 29.1 Å². The third kappa shape index (κ3) is 4.85. The van der Waals surface area contributed by atoms with Gasteiger partial charge >= 0.3 is 6.18 Å². The van der Waals surface area contributed by atoms with Gasteiger partial charge in [-0.25, -0.2) is 18.7 Å². The molecule has 1 aliphatic rings. The molecule has 1 aliphatic heterocycles. The van der Waals surface area contributed by atoms with Gasteiger partial charge in [-0.1, -0.05) is 24.3 Å². The van der Waals surface area contributed by atoms with Gasteiger partial charge < -0.3 is 14.8 Å². The zero-order valence-electron chi connectivity index (χ0n) is 21.4. The first kappa shape index (κ1) is 25.8. The minimum Gasteiger partial charge on any atom is -0.352 e. The lowest BCUT2D eigenvalue weighted by molar-refractivity contribution is -0.137. The Morgan fingerprint density at radius 2 is 1.55 bits per heavy atom. The standard InChI is InChI=1S/C30H24F5N5/c1-18-17-39(28-24(9-4-10-36-28)19-5-2-7-22(31)13-19)11-12-40(18)29-37-26-16-21(30(33,34)35)15-25(27(26)38-29)20-6-3-8-23(32)14-20/h2-10,13-16,18H,11-12,17H2,1H3,(H,37,38)/t18-/m1/s1. The van der Waals surface area contributed by atoms with E-state index in [0.29, 0.717) is 36.7 Å². The molecule has 0 unspecified atom stereocenters. The van der Waals surface area contributed by atoms with E-state index in [1.165, 1.54) is 30.3 Å². The third-order valence-electron chi connectivity index (χ3n) is 7.16. The molecule has 3 aromatic carbocycles. The highest BCUT2D eigenvalue weighted by atomic mass is 19.4. The van der Waals surface area contributed by atoms with Crippen LogP contribution in [-0.4, -0.2) is 40.6 Å². The molecule has 1 fully saturated rings. The molecule has 0 radical (unpaired) electrons. The third-order valence-corrected chi connectivity index (χ3v) is 7.16. The van der Waals surface area contributed by atoms with Crippen LogP contribution in [0.1, 0.15) is 12.5 Å². The summed E-state index contributed by atoms with van der Waals surface area (Å²) in [6.45, 7) is 3.63. The SMILES string of the molecule is C[C@@H]1CN(c2ncccc2-c2cccc(F)c2)CCN1c1nc2c(-c3cccc(F)c3)cc(C(F)(F)F)cc2[nH]1. The topological polar surface area (TPSA) is 48.1 Å². The van der Waals surface area contributed by atoms with Crippen molar-refractivity contribution in [3.63, 3.8) is 0 Å². The second kappa shape index (κ2) is 9.93. The van der Waals surface area contributed by atoms with Crippen LogP contribution in [0.3, 0.4) is 0 Å². The van der Waals surface area contributed by atoms with Crippen molar-refractivity contribution in [3.8, 4) is 22.3 Å². The Kier molecular flexibility index (Phi) is 6.40. The van der Waals surface area contributed by atoms with E-state index in [4.69, 9.17) is 4.98 Å². The molecule has 0 spiro atoms. The number of nitrogens with zero attached hydrogens (tertiary/aromatic N) is 4. The predicted molar refractivity (Wildman–Crippen MR) is 145 cm³/mol. The van der Waals surface area contributed by atoms with Crippen molar-refractivity contribution < 1.29 is 22.0 Å². The average molecular weight is 550 g/mol. The molecule has 0 aliphatic carbocycles. The number of anilines is 2. The van der Waals surface area contributed by atoms with Gasteiger partial charge in [0, 0.05) is 43.0 Å². The quantitative estimate of drug-likeness (QED) is 0.239. The lowest BCUT2D eigenvalue weighted by atomic mass is 10.0. The van der Waals surface area contributed by atoms with Gasteiger partial charge in [0.15, 0.2) is 0 Å². The number of piperazine rings is 1. The highest BCUT2D eigenvalue weighted by Gasteiger charge is 2.33. The maximum atomic E-state index is 14.0. The molecule has 1 saturated heterocycles. The first-order valence-electron chi connectivity index (χ1n) is 12.8. The first-order chi connectivity index (χ1) is 19.2. The molecule has 0 bridgehead atoms. The van der Waals surface area contributed by atoms with Crippen molar-refractivity contribution in [3.05, 3.63) is 96.2 Å². The minimum absolute atomic E-state index is 0.0867. The molecule has 0 amide bonds. The van der Waals surface area contributed by atoms with Crippen molar-refractivity contribution >= 4 is 22.8 Å². The van der Waals surface area contributed by atoms with Crippen LogP contribution in [0.2, 0.25) is 0 Å². The predicted octanol–water partition coefficient (Wildman–Crippen LogP) is 7.30. The number of aromatic amines is 1. The molecule has 1 atom stereocenters. The number of alkyl halides is 3. The fourth-order valence-corrected chi connectivity index (χ4v) is 5.28. The molecule has 10 heteroatoms. The molecule has 5 nitrogen and oxygen atoms in total. The van der Waals surface area contributed by atoms with E-state index in [1.807, 2.05) is 30.0 Å². The van der Waals surface area contributed by atoms with Crippen molar-refractivity contribution in [1.82, 2.24) is 15.0 Å². The summed E-state index contributed by atoms with van der Waals surface area (Å²) in [5, 5.41) is 0. The van der Waals surface area contributed by atoms with Gasteiger partial charge in [0.1, 0.15) is 17.5 Å². The second-order valence-electron chi connectivity index (χ2n) is 9.86. The van der Waals surface area contributed by atoms with Crippen LogP contribution in [-0.2, 0) is 6.18 Å². The number of benzene rings is 3. The zero-order valence-corrected chi connectivity index (χ0v) is 21.4. The van der Waals surface area contributed by atoms with Gasteiger partial charge in [-0.05, 0) is 66.6 Å². The number of H-pyrrole nitrogens is 1. The summed E-state index contributed by atoms with van der Waals surface area (Å²) in [5.41, 5.74) is 1.76. The van der Waals surface area contributed by atoms with Crippen molar-refractivity contribution in [2.45, 2.75) is 19.1 Å². The summed E-state index contributed by atoms with van der Waals surface area (Å²) in [7, 11) is 0. The Labute approximate surface area is 226 Å². The Bertz CT molecular complexity index is 1700. The van der Waals surface area contributed by atoms with Crippen molar-refractivity contribution in [2.75, 3.05) is 29.4 Å². The lowest BCUT2D eigenvalue weighted by Crippen LogP contribution is -2.52. The fourth-order valence-electron chi connectivity index (χ4n) is 5.28. The fraction of sp³-hybridized carbons (Fsp3) is 0.200. The summed E-state index contributed by atoms with van der Waals surface area (Å²) >= 11 is 0. The van der Waals surface area contributed by atoms with Crippen LogP contribution in [0, 0.1) is 11.6 Å². The maximum Gasteiger partial charge on any atom is 0.416 e. The van der Waals surface area contributed by atoms with Gasteiger partial charge in [0.25, 0.3) is 0 Å². The van der Waals surface area contributed by atoms with Gasteiger partial charge in [-0.3, -0.25) is 0 Å². The van der Waals surface area contributed by atoms with Crippen LogP contribution >= 0.6 is 0 Å². The molecule has 1 N–H and O–H groups in total. The number of rotatable bonds is 4. The normalized spacial score (nSPS) is 16.1. The summed E-state index contributed by atoms with van der Waals surface area (Å²) in [6, 6.07) is 17.5. The van der Waals surface area contributed by atoms with Crippen LogP contribution in [0.25, 0.3) is 33.3 Å². The highest BCUT2D eigenvalue weighted by Crippen LogP contribution is 2.38. The highest BCUT2D eigenvalue weighted by molar-refractivity contribution is 5.94. The largest absolute Gasteiger partial charge is 0.416 e. The summed E-state index contributed by atoms with van der Waals surface area (Å²) in [4.78, 5) is 16.5. The molecule has 3 heterocycles. The first-order valence-corrected chi connectivity index (χ1v) is 12.8. The van der Waals surface area contributed by atoms with Gasteiger partial charge in [-0.15, -0.1) is 0 Å². The number of hydrogen-bond acceptors (Lipinski definition) is 4. The number of halogens is 5. The van der Waals surface area contributed by atoms with Crippen molar-refractivity contribution in [1.29, 1.82) is 0 Å². The van der Waals surface area contributed by atoms with E-state index >= 15 is 0 Å². The summed E-state index contributed by atoms with van der Waals surface area (Å²) < 4.78 is 69.1. The second-order valence-corrected chi connectivity index (χ2v) is 9.86. The molecule has 204 valence electrons. The van der Waals surface area contributed by atoms with Gasteiger partial charge in [-0.2, -0.15) is 13.2 Å². The molecule has 5 aromatic rings. The van der Waals surface area contributed by atoms with E-state index in [1.54, 1.807) is 18.3 Å². The Balaban J connectivity index is 1.33.